The van der Waals surface area contributed by atoms with Crippen LogP contribution in [0, 0.1) is 5.82 Å². The normalized spacial score (nSPS) is 18.5. The minimum absolute atomic E-state index is 0.101. The molecule has 0 spiro atoms. The molecule has 0 fully saturated rings. The van der Waals surface area contributed by atoms with Crippen LogP contribution in [-0.4, -0.2) is 42.2 Å². The molecule has 30 heavy (non-hydrogen) atoms. The van der Waals surface area contributed by atoms with E-state index in [2.05, 4.69) is 10.0 Å². The lowest BCUT2D eigenvalue weighted by Crippen LogP contribution is -2.51. The Bertz CT molecular complexity index is 1090. The van der Waals surface area contributed by atoms with Crippen molar-refractivity contribution in [2.45, 2.75) is 36.8 Å². The number of ether oxygens (including phenoxy) is 1. The van der Waals surface area contributed by atoms with Gasteiger partial charge in [-0.05, 0) is 32.0 Å². The van der Waals surface area contributed by atoms with Crippen LogP contribution in [0.25, 0.3) is 0 Å². The highest BCUT2D eigenvalue weighted by Gasteiger charge is 2.39. The minimum atomic E-state index is -4.13. The number of carbonyl (C=O) groups is 1. The van der Waals surface area contributed by atoms with E-state index in [9.17, 15) is 31.5 Å². The lowest BCUT2D eigenvalue weighted by molar-refractivity contribution is 0.0288. The highest BCUT2D eigenvalue weighted by atomic mass is 32.2. The van der Waals surface area contributed by atoms with Crippen LogP contribution in [0.2, 0.25) is 0 Å². The number of fused-ring (bicyclic) bond motifs is 1. The van der Waals surface area contributed by atoms with Crippen molar-refractivity contribution in [2.24, 2.45) is 7.05 Å². The lowest BCUT2D eigenvalue weighted by Gasteiger charge is -2.27. The molecule has 2 aromatic rings. The Labute approximate surface area is 170 Å². The first-order chi connectivity index (χ1) is 13.8. The second-order valence-corrected chi connectivity index (χ2v) is 9.09. The number of aryl methyl sites for hydroxylation is 1. The van der Waals surface area contributed by atoms with Crippen molar-refractivity contribution in [2.75, 3.05) is 11.9 Å². The summed E-state index contributed by atoms with van der Waals surface area (Å²) in [4.78, 5) is 12.5. The molecule has 8 nitrogen and oxygen atoms in total. The zero-order valence-electron chi connectivity index (χ0n) is 16.2. The third kappa shape index (κ3) is 4.16. The van der Waals surface area contributed by atoms with Crippen molar-refractivity contribution < 1.29 is 36.2 Å². The first-order valence-electron chi connectivity index (χ1n) is 8.77. The predicted octanol–water partition coefficient (Wildman–Crippen LogP) is 2.16. The number of carbonyl (C=O) groups excluding carboxylic acids is 1. The van der Waals surface area contributed by atoms with Crippen LogP contribution < -0.4 is 14.8 Å². The minimum Gasteiger partial charge on any atom is -0.488 e. The van der Waals surface area contributed by atoms with E-state index >= 15 is 0 Å². The fraction of sp³-hybridized carbons (Fsp3) is 0.389. The van der Waals surface area contributed by atoms with Crippen molar-refractivity contribution in [1.82, 2.24) is 9.29 Å². The van der Waals surface area contributed by atoms with E-state index in [1.54, 1.807) is 0 Å². The number of alkyl halides is 2. The second kappa shape index (κ2) is 7.60. The first kappa shape index (κ1) is 22.1. The molecule has 1 aromatic carbocycles. The second-order valence-electron chi connectivity index (χ2n) is 7.41. The van der Waals surface area contributed by atoms with Gasteiger partial charge >= 0.3 is 0 Å². The van der Waals surface area contributed by atoms with Crippen LogP contribution in [0.1, 0.15) is 36.3 Å². The molecule has 0 radical (unpaired) electrons. The maximum Gasteiger partial charge on any atom is 0.276 e. The summed E-state index contributed by atoms with van der Waals surface area (Å²) < 4.78 is 73.7. The van der Waals surface area contributed by atoms with Crippen molar-refractivity contribution in [3.63, 3.8) is 0 Å². The summed E-state index contributed by atoms with van der Waals surface area (Å²) in [7, 11) is -2.72. The Balaban J connectivity index is 1.97. The van der Waals surface area contributed by atoms with E-state index in [1.165, 1.54) is 25.5 Å². The van der Waals surface area contributed by atoms with Crippen LogP contribution in [0.15, 0.2) is 29.3 Å². The first-order valence-corrected chi connectivity index (χ1v) is 10.3. The Hall–Kier alpha value is -2.57. The number of aliphatic hydroxyl groups is 1. The largest absolute Gasteiger partial charge is 0.488 e. The molecule has 0 aliphatic carbocycles. The standard InChI is InChI=1S/C18H20F3N3O5S/c1-18(2,26)13-8-29-15-12(30(27,28)23-13)7-24(3)14(15)17(25)22-9-4-5-11(19)10(6-9)16(20)21/h4-7,13,16,23,26H,8H2,1-3H3,(H,22,25)/t13-/m1/s1. The topological polar surface area (TPSA) is 110 Å². The highest BCUT2D eigenvalue weighted by molar-refractivity contribution is 7.89. The third-order valence-corrected chi connectivity index (χ3v) is 6.11. The van der Waals surface area contributed by atoms with E-state index in [4.69, 9.17) is 4.74 Å². The van der Waals surface area contributed by atoms with Gasteiger partial charge in [0.25, 0.3) is 12.3 Å². The molecule has 12 heteroatoms. The maximum atomic E-state index is 13.5. The van der Waals surface area contributed by atoms with Gasteiger partial charge in [-0.3, -0.25) is 4.79 Å². The van der Waals surface area contributed by atoms with Crippen molar-refractivity contribution in [1.29, 1.82) is 0 Å². The van der Waals surface area contributed by atoms with Gasteiger partial charge in [-0.25, -0.2) is 26.3 Å². The third-order valence-electron chi connectivity index (χ3n) is 4.64. The molecular weight excluding hydrogens is 427 g/mol. The van der Waals surface area contributed by atoms with Gasteiger partial charge in [0.05, 0.1) is 17.2 Å². The number of anilines is 1. The number of hydrogen-bond acceptors (Lipinski definition) is 5. The molecule has 1 aliphatic heterocycles. The number of hydrogen-bond donors (Lipinski definition) is 3. The molecule has 0 bridgehead atoms. The molecule has 1 aromatic heterocycles. The summed E-state index contributed by atoms with van der Waals surface area (Å²) in [5, 5.41) is 12.5. The molecular formula is C18H20F3N3O5S. The average molecular weight is 447 g/mol. The van der Waals surface area contributed by atoms with Gasteiger partial charge in [-0.1, -0.05) is 0 Å². The number of aromatic nitrogens is 1. The fourth-order valence-electron chi connectivity index (χ4n) is 2.95. The van der Waals surface area contributed by atoms with Gasteiger partial charge in [-0.15, -0.1) is 0 Å². The van der Waals surface area contributed by atoms with Crippen molar-refractivity contribution in [3.8, 4) is 5.75 Å². The van der Waals surface area contributed by atoms with Crippen LogP contribution in [0.5, 0.6) is 5.75 Å². The van der Waals surface area contributed by atoms with E-state index in [-0.39, 0.29) is 28.6 Å². The van der Waals surface area contributed by atoms with Crippen LogP contribution >= 0.6 is 0 Å². The number of rotatable bonds is 4. The van der Waals surface area contributed by atoms with Gasteiger partial charge in [-0.2, -0.15) is 0 Å². The predicted molar refractivity (Wildman–Crippen MR) is 101 cm³/mol. The monoisotopic (exact) mass is 447 g/mol. The number of amides is 1. The number of nitrogens with one attached hydrogen (secondary N) is 2. The van der Waals surface area contributed by atoms with Gasteiger partial charge in [0.15, 0.2) is 11.4 Å². The molecule has 2 heterocycles. The SMILES string of the molecule is Cn1cc2c(c1C(=O)Nc1ccc(F)c(C(F)F)c1)OC[C@H](C(C)(C)O)NS2(=O)=O. The maximum absolute atomic E-state index is 13.5. The average Bonchev–Trinajstić information content (AvgIpc) is 2.89. The Morgan fingerprint density at radius 1 is 1.40 bits per heavy atom. The molecule has 1 aliphatic rings. The smallest absolute Gasteiger partial charge is 0.276 e. The summed E-state index contributed by atoms with van der Waals surface area (Å²) in [5.74, 6) is -2.21. The molecule has 3 rings (SSSR count). The fourth-order valence-corrected chi connectivity index (χ4v) is 4.50. The van der Waals surface area contributed by atoms with Crippen LogP contribution in [-0.2, 0) is 17.1 Å². The molecule has 0 saturated carbocycles. The van der Waals surface area contributed by atoms with Gasteiger partial charge < -0.3 is 19.7 Å². The summed E-state index contributed by atoms with van der Waals surface area (Å²) in [5.41, 5.74) is -2.61. The van der Waals surface area contributed by atoms with Gasteiger partial charge in [0.1, 0.15) is 17.3 Å². The zero-order valence-corrected chi connectivity index (χ0v) is 17.1. The molecule has 164 valence electrons. The number of benzene rings is 1. The van der Waals surface area contributed by atoms with Crippen molar-refractivity contribution >= 4 is 21.6 Å². The van der Waals surface area contributed by atoms with Crippen LogP contribution in [0.4, 0.5) is 18.9 Å². The Kier molecular flexibility index (Phi) is 5.60. The van der Waals surface area contributed by atoms with E-state index in [0.29, 0.717) is 0 Å². The molecule has 0 unspecified atom stereocenters. The zero-order chi connectivity index (χ0) is 22.4. The van der Waals surface area contributed by atoms with E-state index in [1.807, 2.05) is 0 Å². The Morgan fingerprint density at radius 2 is 2.07 bits per heavy atom. The van der Waals surface area contributed by atoms with Gasteiger partial charge in [0, 0.05) is 18.9 Å². The van der Waals surface area contributed by atoms with E-state index < -0.39 is 45.4 Å². The molecule has 0 saturated heterocycles. The van der Waals surface area contributed by atoms with Crippen LogP contribution in [0.3, 0.4) is 0 Å². The molecule has 1 amide bonds. The molecule has 3 N–H and O–H groups in total. The number of nitrogens with zero attached hydrogens (tertiary/aromatic N) is 1. The quantitative estimate of drug-likeness (QED) is 0.666. The molecule has 1 atom stereocenters. The van der Waals surface area contributed by atoms with E-state index in [0.717, 1.165) is 24.4 Å². The lowest BCUT2D eigenvalue weighted by atomic mass is 10.0. The summed E-state index contributed by atoms with van der Waals surface area (Å²) in [6.45, 7) is 2.55. The highest BCUT2D eigenvalue weighted by Crippen LogP contribution is 2.34. The number of halogens is 3. The summed E-state index contributed by atoms with van der Waals surface area (Å²) >= 11 is 0. The summed E-state index contributed by atoms with van der Waals surface area (Å²) in [6, 6.07) is 1.70. The van der Waals surface area contributed by atoms with Crippen molar-refractivity contribution in [3.05, 3.63) is 41.5 Å². The van der Waals surface area contributed by atoms with Gasteiger partial charge in [0.2, 0.25) is 10.0 Å². The summed E-state index contributed by atoms with van der Waals surface area (Å²) in [6.07, 6.45) is -1.92. The number of sulfonamides is 1. The Morgan fingerprint density at radius 3 is 2.67 bits per heavy atom.